The Balaban J connectivity index is 1.24. The third kappa shape index (κ3) is 4.62. The van der Waals surface area contributed by atoms with Crippen LogP contribution >= 0.6 is 0 Å². The highest BCUT2D eigenvalue weighted by molar-refractivity contribution is 5.94. The summed E-state index contributed by atoms with van der Waals surface area (Å²) in [7, 11) is 5.39. The molecule has 0 saturated carbocycles. The highest BCUT2D eigenvalue weighted by atomic mass is 19.1. The fourth-order valence-electron chi connectivity index (χ4n) is 6.75. The number of hydrogen-bond donors (Lipinski definition) is 1. The van der Waals surface area contributed by atoms with Crippen molar-refractivity contribution in [2.24, 2.45) is 7.05 Å². The van der Waals surface area contributed by atoms with Crippen molar-refractivity contribution in [3.63, 3.8) is 0 Å². The van der Waals surface area contributed by atoms with Gasteiger partial charge in [-0.3, -0.25) is 19.1 Å². The number of carbonyl (C=O) groups excluding carboxylic acids is 1. The number of aromatic nitrogens is 3. The Kier molecular flexibility index (Phi) is 6.93. The van der Waals surface area contributed by atoms with Crippen molar-refractivity contribution < 1.29 is 9.18 Å². The number of pyridine rings is 2. The second-order valence-electron chi connectivity index (χ2n) is 11.6. The molecule has 0 aliphatic carbocycles. The molecule has 1 fully saturated rings. The molecule has 2 aliphatic rings. The van der Waals surface area contributed by atoms with Crippen LogP contribution in [-0.4, -0.2) is 63.6 Å². The summed E-state index contributed by atoms with van der Waals surface area (Å²) in [6.45, 7) is 6.57. The number of piperidine rings is 1. The fourth-order valence-corrected chi connectivity index (χ4v) is 6.75. The summed E-state index contributed by atoms with van der Waals surface area (Å²) in [6.07, 6.45) is 6.03. The molecule has 2 aliphatic heterocycles. The van der Waals surface area contributed by atoms with Crippen molar-refractivity contribution in [3.8, 4) is 5.69 Å². The molecule has 9 heteroatoms. The van der Waals surface area contributed by atoms with Gasteiger partial charge in [0.15, 0.2) is 0 Å². The van der Waals surface area contributed by atoms with E-state index < -0.39 is 0 Å². The summed E-state index contributed by atoms with van der Waals surface area (Å²) >= 11 is 0. The number of anilines is 1. The monoisotopic (exact) mass is 556 g/mol. The van der Waals surface area contributed by atoms with Gasteiger partial charge in [-0.1, -0.05) is 0 Å². The minimum absolute atomic E-state index is 0.0159. The number of nitrogens with zero attached hydrogens (tertiary/aromatic N) is 5. The minimum Gasteiger partial charge on any atom is -0.384 e. The Bertz CT molecular complexity index is 1690. The first kappa shape index (κ1) is 27.2. The summed E-state index contributed by atoms with van der Waals surface area (Å²) in [6, 6.07) is 9.38. The molecule has 1 aromatic carbocycles. The van der Waals surface area contributed by atoms with E-state index in [0.29, 0.717) is 5.56 Å². The Labute approximate surface area is 239 Å². The molecule has 0 unspecified atom stereocenters. The molecule has 6 rings (SSSR count). The van der Waals surface area contributed by atoms with Crippen LogP contribution in [0.5, 0.6) is 0 Å². The highest BCUT2D eigenvalue weighted by Crippen LogP contribution is 2.37. The summed E-state index contributed by atoms with van der Waals surface area (Å²) in [5.74, 6) is -0.358. The maximum Gasteiger partial charge on any atom is 0.260 e. The van der Waals surface area contributed by atoms with Crippen LogP contribution < -0.4 is 10.9 Å². The second kappa shape index (κ2) is 10.4. The Hall–Kier alpha value is -3.98. The number of fused-ring (bicyclic) bond motifs is 2. The van der Waals surface area contributed by atoms with Crippen LogP contribution in [0.2, 0.25) is 0 Å². The van der Waals surface area contributed by atoms with Crippen molar-refractivity contribution in [1.29, 1.82) is 0 Å². The van der Waals surface area contributed by atoms with E-state index in [-0.39, 0.29) is 29.2 Å². The number of halogens is 1. The molecule has 5 heterocycles. The first-order valence-corrected chi connectivity index (χ1v) is 14.3. The highest BCUT2D eigenvalue weighted by Gasteiger charge is 2.29. The molecule has 1 saturated heterocycles. The number of carbonyl (C=O) groups is 1. The maximum atomic E-state index is 15.3. The van der Waals surface area contributed by atoms with E-state index in [0.717, 1.165) is 83.7 Å². The zero-order chi connectivity index (χ0) is 29.0. The lowest BCUT2D eigenvalue weighted by Gasteiger charge is -2.37. The molecule has 4 aromatic rings. The summed E-state index contributed by atoms with van der Waals surface area (Å²) in [5.41, 5.74) is 6.55. The largest absolute Gasteiger partial charge is 0.384 e. The molecular weight excluding hydrogens is 519 g/mol. The lowest BCUT2D eigenvalue weighted by Crippen LogP contribution is -2.36. The average molecular weight is 557 g/mol. The molecule has 0 bridgehead atoms. The third-order valence-electron chi connectivity index (χ3n) is 8.99. The smallest absolute Gasteiger partial charge is 0.260 e. The van der Waals surface area contributed by atoms with Gasteiger partial charge in [-0.2, -0.15) is 0 Å². The normalized spacial score (nSPS) is 16.5. The standard InChI is InChI=1S/C32H37FN6O2/c1-19-16-22(31(40)36(3)4)17-25(33)29(19)21-8-13-38(14-9-21)20(2)28-18-24-27(7-12-35-30(24)37(28)5)39-15-10-26-23(32(39)41)6-11-34-26/h7,10,12,15-18,20-21,34H,6,8-9,11,13-14H2,1-5H3/t20-/m0/s1. The van der Waals surface area contributed by atoms with Crippen LogP contribution in [0, 0.1) is 12.7 Å². The number of likely N-dealkylation sites (tertiary alicyclic amines) is 1. The fraction of sp³-hybridized carbons (Fsp3) is 0.406. The predicted molar refractivity (Wildman–Crippen MR) is 160 cm³/mol. The topological polar surface area (TPSA) is 75.4 Å². The van der Waals surface area contributed by atoms with E-state index in [1.54, 1.807) is 24.9 Å². The van der Waals surface area contributed by atoms with Crippen LogP contribution in [0.1, 0.15) is 64.5 Å². The van der Waals surface area contributed by atoms with Crippen LogP contribution in [0.15, 0.2) is 47.5 Å². The van der Waals surface area contributed by atoms with E-state index in [1.165, 1.54) is 11.0 Å². The van der Waals surface area contributed by atoms with Gasteiger partial charge in [0.2, 0.25) is 0 Å². The number of nitrogens with one attached hydrogen (secondary N) is 1. The van der Waals surface area contributed by atoms with E-state index in [2.05, 4.69) is 32.8 Å². The number of aryl methyl sites for hydroxylation is 2. The van der Waals surface area contributed by atoms with Crippen LogP contribution in [0.4, 0.5) is 10.1 Å². The lowest BCUT2D eigenvalue weighted by molar-refractivity contribution is 0.0827. The lowest BCUT2D eigenvalue weighted by atomic mass is 9.85. The molecule has 1 amide bonds. The second-order valence-corrected chi connectivity index (χ2v) is 11.6. The van der Waals surface area contributed by atoms with Crippen molar-refractivity contribution in [3.05, 3.63) is 86.8 Å². The van der Waals surface area contributed by atoms with Crippen molar-refractivity contribution in [2.75, 3.05) is 39.0 Å². The zero-order valence-corrected chi connectivity index (χ0v) is 24.4. The molecule has 0 spiro atoms. The Morgan fingerprint density at radius 1 is 1.17 bits per heavy atom. The van der Waals surface area contributed by atoms with E-state index >= 15 is 4.39 Å². The van der Waals surface area contributed by atoms with Gasteiger partial charge < -0.3 is 14.8 Å². The molecular formula is C32H37FN6O2. The van der Waals surface area contributed by atoms with Gasteiger partial charge in [-0.15, -0.1) is 0 Å². The van der Waals surface area contributed by atoms with Gasteiger partial charge in [-0.25, -0.2) is 9.37 Å². The third-order valence-corrected chi connectivity index (χ3v) is 8.99. The predicted octanol–water partition coefficient (Wildman–Crippen LogP) is 4.78. The Morgan fingerprint density at radius 3 is 2.63 bits per heavy atom. The number of benzene rings is 1. The average Bonchev–Trinajstić information content (AvgIpc) is 3.58. The van der Waals surface area contributed by atoms with Crippen molar-refractivity contribution in [1.82, 2.24) is 23.9 Å². The van der Waals surface area contributed by atoms with E-state index in [1.807, 2.05) is 38.4 Å². The first-order valence-electron chi connectivity index (χ1n) is 14.3. The SMILES string of the molecule is Cc1cc(C(=O)N(C)C)cc(F)c1C1CCN([C@@H](C)c2cc3c(-n4ccc5c(c4=O)CCN5)ccnc3n2C)CC1. The first-order chi connectivity index (χ1) is 19.7. The summed E-state index contributed by atoms with van der Waals surface area (Å²) in [4.78, 5) is 34.2. The zero-order valence-electron chi connectivity index (χ0n) is 24.4. The van der Waals surface area contributed by atoms with Gasteiger partial charge in [0.05, 0.1) is 5.69 Å². The minimum atomic E-state index is -0.286. The molecule has 8 nitrogen and oxygen atoms in total. The molecule has 0 radical (unpaired) electrons. The van der Waals surface area contributed by atoms with E-state index in [4.69, 9.17) is 0 Å². The molecule has 214 valence electrons. The van der Waals surface area contributed by atoms with Crippen LogP contribution in [0.3, 0.4) is 0 Å². The maximum absolute atomic E-state index is 15.3. The molecule has 3 aromatic heterocycles. The van der Waals surface area contributed by atoms with E-state index in [9.17, 15) is 9.59 Å². The van der Waals surface area contributed by atoms with Crippen molar-refractivity contribution >= 4 is 22.6 Å². The van der Waals surface area contributed by atoms with Gasteiger partial charge in [0, 0.05) is 74.0 Å². The summed E-state index contributed by atoms with van der Waals surface area (Å²) in [5, 5.41) is 4.23. The quantitative estimate of drug-likeness (QED) is 0.383. The number of rotatable bonds is 5. The Morgan fingerprint density at radius 2 is 1.93 bits per heavy atom. The van der Waals surface area contributed by atoms with Gasteiger partial charge in [0.1, 0.15) is 11.5 Å². The number of hydrogen-bond acceptors (Lipinski definition) is 5. The molecule has 41 heavy (non-hydrogen) atoms. The molecule has 1 atom stereocenters. The van der Waals surface area contributed by atoms with Gasteiger partial charge in [0.25, 0.3) is 11.5 Å². The van der Waals surface area contributed by atoms with Crippen LogP contribution in [0.25, 0.3) is 16.7 Å². The van der Waals surface area contributed by atoms with Gasteiger partial charge in [-0.05, 0) is 93.6 Å². The van der Waals surface area contributed by atoms with Crippen molar-refractivity contribution in [2.45, 2.75) is 45.1 Å². The van der Waals surface area contributed by atoms with Crippen LogP contribution in [-0.2, 0) is 13.5 Å². The van der Waals surface area contributed by atoms with Gasteiger partial charge >= 0.3 is 0 Å². The molecule has 1 N–H and O–H groups in total. The summed E-state index contributed by atoms with van der Waals surface area (Å²) < 4.78 is 19.1. The number of amides is 1.